The third-order valence-electron chi connectivity index (χ3n) is 4.36. The molecule has 0 saturated heterocycles. The van der Waals surface area contributed by atoms with Gasteiger partial charge in [-0.2, -0.15) is 13.2 Å². The van der Waals surface area contributed by atoms with E-state index >= 15 is 0 Å². The first-order valence-corrected chi connectivity index (χ1v) is 8.43. The molecule has 5 nitrogen and oxygen atoms in total. The van der Waals surface area contributed by atoms with Gasteiger partial charge in [0.15, 0.2) is 5.82 Å². The Labute approximate surface area is 157 Å². The lowest BCUT2D eigenvalue weighted by Crippen LogP contribution is -2.12. The number of carbonyl (C=O) groups excluding carboxylic acids is 1. The van der Waals surface area contributed by atoms with Gasteiger partial charge < -0.3 is 9.84 Å². The molecule has 0 unspecified atom stereocenters. The first kappa shape index (κ1) is 18.0. The van der Waals surface area contributed by atoms with Crippen molar-refractivity contribution in [2.75, 3.05) is 5.32 Å². The molecule has 0 atom stereocenters. The molecule has 1 amide bonds. The summed E-state index contributed by atoms with van der Waals surface area (Å²) in [5.41, 5.74) is 1.68. The summed E-state index contributed by atoms with van der Waals surface area (Å²) in [6.07, 6.45) is -4.08. The number of benzene rings is 2. The Morgan fingerprint density at radius 2 is 1.93 bits per heavy atom. The Balaban J connectivity index is 1.66. The van der Waals surface area contributed by atoms with Crippen molar-refractivity contribution in [3.8, 4) is 0 Å². The zero-order chi connectivity index (χ0) is 19.9. The summed E-state index contributed by atoms with van der Waals surface area (Å²) in [5, 5.41) is 6.35. The molecule has 4 rings (SSSR count). The highest BCUT2D eigenvalue weighted by molar-refractivity contribution is 6.13. The summed E-state index contributed by atoms with van der Waals surface area (Å²) in [6.45, 7) is 1.70. The molecule has 28 heavy (non-hydrogen) atoms. The van der Waals surface area contributed by atoms with E-state index in [1.165, 1.54) is 6.07 Å². The van der Waals surface area contributed by atoms with Gasteiger partial charge in [-0.15, -0.1) is 0 Å². The second kappa shape index (κ2) is 6.63. The van der Waals surface area contributed by atoms with E-state index < -0.39 is 17.6 Å². The number of carbonyl (C=O) groups is 1. The van der Waals surface area contributed by atoms with Gasteiger partial charge in [-0.3, -0.25) is 9.79 Å². The van der Waals surface area contributed by atoms with Crippen LogP contribution in [0.1, 0.15) is 32.8 Å². The summed E-state index contributed by atoms with van der Waals surface area (Å²) >= 11 is 0. The lowest BCUT2D eigenvalue weighted by Gasteiger charge is -2.08. The molecule has 1 N–H and O–H groups in total. The average molecular weight is 385 g/mol. The van der Waals surface area contributed by atoms with Gasteiger partial charge in [0.1, 0.15) is 5.76 Å². The molecule has 142 valence electrons. The van der Waals surface area contributed by atoms with E-state index in [1.807, 2.05) is 0 Å². The highest BCUT2D eigenvalue weighted by atomic mass is 19.4. The van der Waals surface area contributed by atoms with Crippen molar-refractivity contribution < 1.29 is 22.5 Å². The zero-order valence-corrected chi connectivity index (χ0v) is 14.7. The molecule has 0 fully saturated rings. The minimum Gasteiger partial charge on any atom is -0.360 e. The topological polar surface area (TPSA) is 67.5 Å². The van der Waals surface area contributed by atoms with Crippen LogP contribution in [0.15, 0.2) is 58.0 Å². The van der Waals surface area contributed by atoms with E-state index in [1.54, 1.807) is 37.3 Å². The number of aliphatic imine (C=N–C) groups is 1. The minimum atomic E-state index is -4.43. The summed E-state index contributed by atoms with van der Waals surface area (Å²) in [7, 11) is 0. The number of alkyl halides is 3. The first-order chi connectivity index (χ1) is 13.3. The summed E-state index contributed by atoms with van der Waals surface area (Å²) in [5.74, 6) is 0.415. The van der Waals surface area contributed by atoms with Crippen molar-refractivity contribution in [1.29, 1.82) is 0 Å². The van der Waals surface area contributed by atoms with Gasteiger partial charge in [-0.1, -0.05) is 29.4 Å². The molecule has 3 aromatic rings. The molecule has 0 radical (unpaired) electrons. The van der Waals surface area contributed by atoms with Crippen LogP contribution >= 0.6 is 0 Å². The number of nitrogens with one attached hydrogen (secondary N) is 1. The second-order valence-electron chi connectivity index (χ2n) is 6.40. The number of rotatable bonds is 3. The maximum absolute atomic E-state index is 13.0. The van der Waals surface area contributed by atoms with Crippen LogP contribution in [0.2, 0.25) is 0 Å². The van der Waals surface area contributed by atoms with E-state index in [4.69, 9.17) is 4.52 Å². The van der Waals surface area contributed by atoms with E-state index in [0.717, 1.165) is 17.7 Å². The molecule has 0 bridgehead atoms. The predicted molar refractivity (Wildman–Crippen MR) is 97.0 cm³/mol. The molecule has 1 aromatic heterocycles. The predicted octanol–water partition coefficient (Wildman–Crippen LogP) is 4.93. The molecule has 2 heterocycles. The second-order valence-corrected chi connectivity index (χ2v) is 6.40. The van der Waals surface area contributed by atoms with Crippen LogP contribution in [0.3, 0.4) is 0 Å². The van der Waals surface area contributed by atoms with Gasteiger partial charge >= 0.3 is 6.18 Å². The van der Waals surface area contributed by atoms with E-state index in [9.17, 15) is 18.0 Å². The number of halogens is 3. The maximum Gasteiger partial charge on any atom is 0.416 e. The number of amides is 1. The third kappa shape index (κ3) is 3.40. The third-order valence-corrected chi connectivity index (χ3v) is 4.36. The molecular formula is C20H14F3N3O2. The van der Waals surface area contributed by atoms with E-state index in [2.05, 4.69) is 15.5 Å². The number of aromatic nitrogens is 1. The van der Waals surface area contributed by atoms with Crippen LogP contribution in [0.5, 0.6) is 0 Å². The molecule has 1 aliphatic heterocycles. The average Bonchev–Trinajstić information content (AvgIpc) is 3.26. The summed E-state index contributed by atoms with van der Waals surface area (Å²) in [6, 6.07) is 11.7. The van der Waals surface area contributed by atoms with Crippen molar-refractivity contribution >= 4 is 23.1 Å². The Hall–Kier alpha value is -3.42. The van der Waals surface area contributed by atoms with E-state index in [0.29, 0.717) is 34.7 Å². The van der Waals surface area contributed by atoms with Gasteiger partial charge in [-0.05, 0) is 36.2 Å². The lowest BCUT2D eigenvalue weighted by atomic mass is 10.0. The number of nitrogens with zero attached hydrogens (tertiary/aromatic N) is 2. The SMILES string of the molecule is Cc1cc(NC(=O)c2cccc3c2N=C(c2cccc(C(F)(F)F)c2)C3)no1. The smallest absolute Gasteiger partial charge is 0.360 e. The molecule has 2 aromatic carbocycles. The maximum atomic E-state index is 13.0. The molecule has 1 aliphatic rings. The number of para-hydroxylation sites is 1. The fraction of sp³-hybridized carbons (Fsp3) is 0.150. The lowest BCUT2D eigenvalue weighted by molar-refractivity contribution is -0.137. The Kier molecular flexibility index (Phi) is 4.26. The van der Waals surface area contributed by atoms with Gasteiger partial charge in [-0.25, -0.2) is 0 Å². The van der Waals surface area contributed by atoms with Crippen LogP contribution in [0.25, 0.3) is 0 Å². The van der Waals surface area contributed by atoms with Crippen molar-refractivity contribution in [3.63, 3.8) is 0 Å². The normalized spacial score (nSPS) is 13.2. The quantitative estimate of drug-likeness (QED) is 0.695. The van der Waals surface area contributed by atoms with Gasteiger partial charge in [0.05, 0.1) is 22.5 Å². The zero-order valence-electron chi connectivity index (χ0n) is 14.7. The Morgan fingerprint density at radius 1 is 1.14 bits per heavy atom. The molecule has 0 saturated carbocycles. The highest BCUT2D eigenvalue weighted by Crippen LogP contribution is 2.35. The number of hydrogen-bond acceptors (Lipinski definition) is 4. The number of aryl methyl sites for hydroxylation is 1. The molecule has 0 aliphatic carbocycles. The van der Waals surface area contributed by atoms with Gasteiger partial charge in [0, 0.05) is 12.5 Å². The van der Waals surface area contributed by atoms with Crippen LogP contribution in [-0.2, 0) is 12.6 Å². The monoisotopic (exact) mass is 385 g/mol. The highest BCUT2D eigenvalue weighted by Gasteiger charge is 2.31. The molecule has 0 spiro atoms. The summed E-state index contributed by atoms with van der Waals surface area (Å²) < 4.78 is 43.9. The van der Waals surface area contributed by atoms with Gasteiger partial charge in [0.2, 0.25) is 0 Å². The number of hydrogen-bond donors (Lipinski definition) is 1. The Bertz CT molecular complexity index is 1100. The van der Waals surface area contributed by atoms with E-state index in [-0.39, 0.29) is 5.82 Å². The van der Waals surface area contributed by atoms with Crippen LogP contribution in [0, 0.1) is 6.92 Å². The van der Waals surface area contributed by atoms with Crippen molar-refractivity contribution in [2.24, 2.45) is 4.99 Å². The van der Waals surface area contributed by atoms with Crippen LogP contribution < -0.4 is 5.32 Å². The standard InChI is InChI=1S/C20H14F3N3O2/c1-11-8-17(26-28-11)25-19(27)15-7-3-5-13-10-16(24-18(13)15)12-4-2-6-14(9-12)20(21,22)23/h2-9H,10H2,1H3,(H,25,26,27). The summed E-state index contributed by atoms with van der Waals surface area (Å²) in [4.78, 5) is 17.1. The molecule has 8 heteroatoms. The fourth-order valence-electron chi connectivity index (χ4n) is 3.05. The first-order valence-electron chi connectivity index (χ1n) is 8.43. The molecular weight excluding hydrogens is 371 g/mol. The number of fused-ring (bicyclic) bond motifs is 1. The minimum absolute atomic E-state index is 0.278. The van der Waals surface area contributed by atoms with Crippen molar-refractivity contribution in [1.82, 2.24) is 5.16 Å². The van der Waals surface area contributed by atoms with Crippen molar-refractivity contribution in [2.45, 2.75) is 19.5 Å². The fourth-order valence-corrected chi connectivity index (χ4v) is 3.05. The van der Waals surface area contributed by atoms with Crippen molar-refractivity contribution in [3.05, 3.63) is 76.5 Å². The number of anilines is 1. The largest absolute Gasteiger partial charge is 0.416 e. The Morgan fingerprint density at radius 3 is 2.64 bits per heavy atom. The van der Waals surface area contributed by atoms with Gasteiger partial charge in [0.25, 0.3) is 5.91 Å². The van der Waals surface area contributed by atoms with Crippen LogP contribution in [-0.4, -0.2) is 16.8 Å². The van der Waals surface area contributed by atoms with Crippen LogP contribution in [0.4, 0.5) is 24.7 Å².